The summed E-state index contributed by atoms with van der Waals surface area (Å²) in [7, 11) is 0. The molecule has 0 radical (unpaired) electrons. The first kappa shape index (κ1) is 14.5. The summed E-state index contributed by atoms with van der Waals surface area (Å²) in [5.41, 5.74) is 8.93. The Labute approximate surface area is 116 Å². The molecule has 2 rings (SSSR count). The van der Waals surface area contributed by atoms with Gasteiger partial charge in [-0.25, -0.2) is 0 Å². The molecule has 19 heavy (non-hydrogen) atoms. The van der Waals surface area contributed by atoms with Crippen molar-refractivity contribution in [1.29, 1.82) is 0 Å². The van der Waals surface area contributed by atoms with Crippen LogP contribution in [0.3, 0.4) is 0 Å². The smallest absolute Gasteiger partial charge is 0.0619 e. The van der Waals surface area contributed by atoms with E-state index in [1.165, 1.54) is 11.1 Å². The molecule has 1 fully saturated rings. The quantitative estimate of drug-likeness (QED) is 0.906. The minimum Gasteiger partial charge on any atom is -0.379 e. The van der Waals surface area contributed by atoms with E-state index in [0.29, 0.717) is 12.0 Å². The maximum atomic E-state index is 6.33. The van der Waals surface area contributed by atoms with E-state index >= 15 is 0 Å². The number of ether oxygens (including phenoxy) is 1. The van der Waals surface area contributed by atoms with Crippen LogP contribution in [-0.4, -0.2) is 37.2 Å². The number of hydrogen-bond acceptors (Lipinski definition) is 3. The summed E-state index contributed by atoms with van der Waals surface area (Å²) in [5.74, 6) is 0.574. The molecule has 1 aliphatic rings. The predicted molar refractivity (Wildman–Crippen MR) is 79.3 cm³/mol. The molecule has 1 aliphatic heterocycles. The van der Waals surface area contributed by atoms with Crippen molar-refractivity contribution in [1.82, 2.24) is 4.90 Å². The van der Waals surface area contributed by atoms with Gasteiger partial charge in [0.05, 0.1) is 13.2 Å². The van der Waals surface area contributed by atoms with E-state index in [-0.39, 0.29) is 6.04 Å². The molecule has 3 nitrogen and oxygen atoms in total. The SMILES string of the molecule is CC(C)c1ccc(C(N)CN2CCOCC2C)cc1. The second kappa shape index (κ2) is 6.51. The van der Waals surface area contributed by atoms with Crippen LogP contribution in [-0.2, 0) is 4.74 Å². The Bertz CT molecular complexity index is 388. The van der Waals surface area contributed by atoms with Gasteiger partial charge in [-0.1, -0.05) is 38.1 Å². The van der Waals surface area contributed by atoms with Gasteiger partial charge in [-0.15, -0.1) is 0 Å². The zero-order valence-electron chi connectivity index (χ0n) is 12.3. The van der Waals surface area contributed by atoms with Gasteiger partial charge in [0, 0.05) is 25.2 Å². The second-order valence-corrected chi connectivity index (χ2v) is 5.85. The average molecular weight is 262 g/mol. The fourth-order valence-corrected chi connectivity index (χ4v) is 2.52. The van der Waals surface area contributed by atoms with E-state index in [1.54, 1.807) is 0 Å². The van der Waals surface area contributed by atoms with Crippen molar-refractivity contribution in [2.75, 3.05) is 26.3 Å². The fourth-order valence-electron chi connectivity index (χ4n) is 2.52. The Kier molecular flexibility index (Phi) is 4.97. The van der Waals surface area contributed by atoms with E-state index in [0.717, 1.165) is 26.3 Å². The maximum absolute atomic E-state index is 6.33. The molecule has 0 amide bonds. The van der Waals surface area contributed by atoms with Gasteiger partial charge in [0.25, 0.3) is 0 Å². The molecule has 1 saturated heterocycles. The van der Waals surface area contributed by atoms with Gasteiger partial charge in [-0.2, -0.15) is 0 Å². The lowest BCUT2D eigenvalue weighted by molar-refractivity contribution is -0.00280. The molecule has 1 aromatic rings. The highest BCUT2D eigenvalue weighted by molar-refractivity contribution is 5.26. The summed E-state index contributed by atoms with van der Waals surface area (Å²) in [5, 5.41) is 0. The van der Waals surface area contributed by atoms with Crippen LogP contribution < -0.4 is 5.73 Å². The molecule has 3 heteroatoms. The third-order valence-electron chi connectivity index (χ3n) is 3.97. The third-order valence-corrected chi connectivity index (χ3v) is 3.97. The molecular weight excluding hydrogens is 236 g/mol. The highest BCUT2D eigenvalue weighted by Crippen LogP contribution is 2.19. The lowest BCUT2D eigenvalue weighted by Crippen LogP contribution is -2.46. The summed E-state index contributed by atoms with van der Waals surface area (Å²) >= 11 is 0. The molecule has 2 atom stereocenters. The Balaban J connectivity index is 1.97. The van der Waals surface area contributed by atoms with Gasteiger partial charge in [0.2, 0.25) is 0 Å². The van der Waals surface area contributed by atoms with Crippen molar-refractivity contribution in [2.45, 2.75) is 38.8 Å². The summed E-state index contributed by atoms with van der Waals surface area (Å²) < 4.78 is 5.46. The number of morpholine rings is 1. The molecule has 1 heterocycles. The normalized spacial score (nSPS) is 22.7. The van der Waals surface area contributed by atoms with E-state index in [4.69, 9.17) is 10.5 Å². The fraction of sp³-hybridized carbons (Fsp3) is 0.625. The first-order valence-electron chi connectivity index (χ1n) is 7.25. The first-order chi connectivity index (χ1) is 9.08. The highest BCUT2D eigenvalue weighted by Gasteiger charge is 2.21. The molecule has 0 aromatic heterocycles. The summed E-state index contributed by atoms with van der Waals surface area (Å²) in [6.07, 6.45) is 0. The maximum Gasteiger partial charge on any atom is 0.0619 e. The molecular formula is C16H26N2O. The monoisotopic (exact) mass is 262 g/mol. The van der Waals surface area contributed by atoms with Crippen molar-refractivity contribution >= 4 is 0 Å². The van der Waals surface area contributed by atoms with Crippen LogP contribution >= 0.6 is 0 Å². The molecule has 106 valence electrons. The predicted octanol–water partition coefficient (Wildman–Crippen LogP) is 2.53. The number of hydrogen-bond donors (Lipinski definition) is 1. The first-order valence-corrected chi connectivity index (χ1v) is 7.25. The lowest BCUT2D eigenvalue weighted by atomic mass is 9.99. The van der Waals surface area contributed by atoms with E-state index in [1.807, 2.05) is 0 Å². The highest BCUT2D eigenvalue weighted by atomic mass is 16.5. The number of nitrogens with two attached hydrogens (primary N) is 1. The van der Waals surface area contributed by atoms with Crippen LogP contribution in [0.2, 0.25) is 0 Å². The van der Waals surface area contributed by atoms with Gasteiger partial charge in [0.1, 0.15) is 0 Å². The Hall–Kier alpha value is -0.900. The number of nitrogens with zero attached hydrogens (tertiary/aromatic N) is 1. The Morgan fingerprint density at radius 3 is 2.47 bits per heavy atom. The van der Waals surface area contributed by atoms with Gasteiger partial charge in [-0.05, 0) is 24.0 Å². The van der Waals surface area contributed by atoms with Crippen LogP contribution in [0, 0.1) is 0 Å². The number of rotatable bonds is 4. The van der Waals surface area contributed by atoms with Crippen molar-refractivity contribution in [2.24, 2.45) is 5.73 Å². The summed E-state index contributed by atoms with van der Waals surface area (Å²) in [4.78, 5) is 2.42. The van der Waals surface area contributed by atoms with Crippen molar-refractivity contribution in [3.8, 4) is 0 Å². The number of benzene rings is 1. The van der Waals surface area contributed by atoms with Crippen LogP contribution in [0.5, 0.6) is 0 Å². The van der Waals surface area contributed by atoms with E-state index < -0.39 is 0 Å². The summed E-state index contributed by atoms with van der Waals surface area (Å²) in [6, 6.07) is 9.29. The van der Waals surface area contributed by atoms with Crippen molar-refractivity contribution in [3.63, 3.8) is 0 Å². The zero-order valence-corrected chi connectivity index (χ0v) is 12.3. The molecule has 0 saturated carbocycles. The summed E-state index contributed by atoms with van der Waals surface area (Å²) in [6.45, 7) is 10.2. The molecule has 1 aromatic carbocycles. The van der Waals surface area contributed by atoms with Gasteiger partial charge < -0.3 is 10.5 Å². The zero-order chi connectivity index (χ0) is 13.8. The minimum absolute atomic E-state index is 0.0850. The molecule has 0 aliphatic carbocycles. The largest absolute Gasteiger partial charge is 0.379 e. The van der Waals surface area contributed by atoms with Crippen LogP contribution in [0.1, 0.15) is 43.9 Å². The molecule has 0 spiro atoms. The van der Waals surface area contributed by atoms with Crippen LogP contribution in [0.4, 0.5) is 0 Å². The lowest BCUT2D eigenvalue weighted by Gasteiger charge is -2.35. The second-order valence-electron chi connectivity index (χ2n) is 5.85. The van der Waals surface area contributed by atoms with Crippen LogP contribution in [0.25, 0.3) is 0 Å². The van der Waals surface area contributed by atoms with Gasteiger partial charge in [-0.3, -0.25) is 4.90 Å². The average Bonchev–Trinajstić information content (AvgIpc) is 2.41. The third kappa shape index (κ3) is 3.78. The van der Waals surface area contributed by atoms with Crippen molar-refractivity contribution in [3.05, 3.63) is 35.4 Å². The minimum atomic E-state index is 0.0850. The van der Waals surface area contributed by atoms with Crippen LogP contribution in [0.15, 0.2) is 24.3 Å². The van der Waals surface area contributed by atoms with E-state index in [9.17, 15) is 0 Å². The topological polar surface area (TPSA) is 38.5 Å². The van der Waals surface area contributed by atoms with Crippen molar-refractivity contribution < 1.29 is 4.74 Å². The molecule has 2 N–H and O–H groups in total. The molecule has 2 unspecified atom stereocenters. The molecule has 0 bridgehead atoms. The Morgan fingerprint density at radius 1 is 1.26 bits per heavy atom. The Morgan fingerprint density at radius 2 is 1.89 bits per heavy atom. The van der Waals surface area contributed by atoms with Gasteiger partial charge in [0.15, 0.2) is 0 Å². The van der Waals surface area contributed by atoms with E-state index in [2.05, 4.69) is 49.9 Å². The standard InChI is InChI=1S/C16H26N2O/c1-12(2)14-4-6-15(7-5-14)16(17)10-18-8-9-19-11-13(18)3/h4-7,12-13,16H,8-11,17H2,1-3H3. The van der Waals surface area contributed by atoms with Gasteiger partial charge >= 0.3 is 0 Å².